The number of aliphatic hydroxyl groups is 1. The minimum atomic E-state index is -0.958. The van der Waals surface area contributed by atoms with E-state index in [0.717, 1.165) is 0 Å². The fraction of sp³-hybridized carbons (Fsp3) is 0.357. The molecule has 0 aliphatic heterocycles. The molecule has 112 valence electrons. The Morgan fingerprint density at radius 2 is 2.15 bits per heavy atom. The number of nitrogens with one attached hydrogen (secondary N) is 2. The van der Waals surface area contributed by atoms with Gasteiger partial charge in [0.2, 0.25) is 0 Å². The summed E-state index contributed by atoms with van der Waals surface area (Å²) in [5, 5.41) is 16.0. The summed E-state index contributed by atoms with van der Waals surface area (Å²) >= 11 is 0. The highest BCUT2D eigenvalue weighted by molar-refractivity contribution is 14.0. The molecule has 0 fully saturated rings. The van der Waals surface area contributed by atoms with E-state index in [4.69, 9.17) is 0 Å². The van der Waals surface area contributed by atoms with Crippen LogP contribution in [0.4, 0.5) is 4.39 Å². The van der Waals surface area contributed by atoms with Crippen LogP contribution in [0.2, 0.25) is 0 Å². The van der Waals surface area contributed by atoms with Crippen molar-refractivity contribution >= 4 is 29.9 Å². The van der Waals surface area contributed by atoms with Crippen LogP contribution in [0.15, 0.2) is 41.9 Å². The second-order valence-corrected chi connectivity index (χ2v) is 3.93. The number of guanidine groups is 1. The molecule has 4 nitrogen and oxygen atoms in total. The van der Waals surface area contributed by atoms with Crippen molar-refractivity contribution in [2.45, 2.75) is 13.0 Å². The molecule has 0 saturated carbocycles. The molecule has 1 aromatic rings. The molecule has 0 aliphatic carbocycles. The minimum Gasteiger partial charge on any atom is -0.386 e. The van der Waals surface area contributed by atoms with Gasteiger partial charge in [0.25, 0.3) is 0 Å². The fourth-order valence-corrected chi connectivity index (χ4v) is 1.53. The molecule has 0 aliphatic rings. The minimum absolute atomic E-state index is 0. The van der Waals surface area contributed by atoms with Gasteiger partial charge in [-0.2, -0.15) is 0 Å². The Hall–Kier alpha value is -1.15. The fourth-order valence-electron chi connectivity index (χ4n) is 1.53. The van der Waals surface area contributed by atoms with Gasteiger partial charge in [-0.25, -0.2) is 4.39 Å². The Bertz CT molecular complexity index is 440. The number of halogens is 2. The van der Waals surface area contributed by atoms with Crippen molar-refractivity contribution in [3.05, 3.63) is 48.3 Å². The lowest BCUT2D eigenvalue weighted by atomic mass is 10.1. The zero-order valence-corrected chi connectivity index (χ0v) is 13.8. The molecule has 20 heavy (non-hydrogen) atoms. The average Bonchev–Trinajstić information content (AvgIpc) is 2.42. The van der Waals surface area contributed by atoms with E-state index in [2.05, 4.69) is 22.2 Å². The van der Waals surface area contributed by atoms with Crippen LogP contribution in [0.1, 0.15) is 18.6 Å². The van der Waals surface area contributed by atoms with Gasteiger partial charge >= 0.3 is 0 Å². The van der Waals surface area contributed by atoms with Crippen molar-refractivity contribution in [1.82, 2.24) is 10.6 Å². The van der Waals surface area contributed by atoms with Gasteiger partial charge in [-0.05, 0) is 13.0 Å². The highest BCUT2D eigenvalue weighted by Gasteiger charge is 2.11. The van der Waals surface area contributed by atoms with Gasteiger partial charge in [0.15, 0.2) is 5.96 Å². The summed E-state index contributed by atoms with van der Waals surface area (Å²) in [6.07, 6.45) is 0.751. The van der Waals surface area contributed by atoms with E-state index in [1.54, 1.807) is 24.3 Å². The smallest absolute Gasteiger partial charge is 0.191 e. The van der Waals surface area contributed by atoms with E-state index >= 15 is 0 Å². The molecule has 6 heteroatoms. The van der Waals surface area contributed by atoms with Crippen LogP contribution in [0.5, 0.6) is 0 Å². The monoisotopic (exact) mass is 393 g/mol. The van der Waals surface area contributed by atoms with E-state index in [-0.39, 0.29) is 36.1 Å². The van der Waals surface area contributed by atoms with Crippen LogP contribution in [0.25, 0.3) is 0 Å². The van der Waals surface area contributed by atoms with Crippen molar-refractivity contribution in [1.29, 1.82) is 0 Å². The number of nitrogens with zero attached hydrogens (tertiary/aromatic N) is 1. The second kappa shape index (κ2) is 10.6. The zero-order chi connectivity index (χ0) is 14.1. The Kier molecular flexibility index (Phi) is 10.0. The summed E-state index contributed by atoms with van der Waals surface area (Å²) in [7, 11) is 0. The summed E-state index contributed by atoms with van der Waals surface area (Å²) in [6, 6.07) is 6.15. The molecule has 1 atom stereocenters. The van der Waals surface area contributed by atoms with E-state index in [1.165, 1.54) is 6.07 Å². The van der Waals surface area contributed by atoms with Crippen LogP contribution in [0, 0.1) is 5.82 Å². The van der Waals surface area contributed by atoms with Gasteiger partial charge in [-0.3, -0.25) is 4.99 Å². The van der Waals surface area contributed by atoms with Crippen molar-refractivity contribution in [3.63, 3.8) is 0 Å². The van der Waals surface area contributed by atoms with Crippen molar-refractivity contribution < 1.29 is 9.50 Å². The lowest BCUT2D eigenvalue weighted by molar-refractivity contribution is 0.182. The molecule has 1 unspecified atom stereocenters. The maximum atomic E-state index is 13.5. The molecule has 0 spiro atoms. The first-order valence-corrected chi connectivity index (χ1v) is 6.24. The van der Waals surface area contributed by atoms with Crippen LogP contribution < -0.4 is 10.6 Å². The Balaban J connectivity index is 0.00000361. The molecule has 1 rings (SSSR count). The standard InChI is InChI=1S/C14H20FN3O.HI/c1-3-9-17-14(16-4-2)18-10-13(19)11-7-5-6-8-12(11)15;/h3,5-8,13,19H,1,4,9-10H2,2H3,(H2,16,17,18);1H. The third-order valence-electron chi connectivity index (χ3n) is 2.44. The van der Waals surface area contributed by atoms with Gasteiger partial charge in [0, 0.05) is 18.7 Å². The van der Waals surface area contributed by atoms with Crippen molar-refractivity contribution in [2.75, 3.05) is 19.6 Å². The molecular formula is C14H21FIN3O. The maximum Gasteiger partial charge on any atom is 0.191 e. The predicted octanol–water partition coefficient (Wildman–Crippen LogP) is 2.22. The first-order chi connectivity index (χ1) is 9.19. The highest BCUT2D eigenvalue weighted by Crippen LogP contribution is 2.16. The number of rotatable bonds is 6. The first kappa shape index (κ1) is 18.9. The molecule has 0 saturated heterocycles. The Labute approximate surface area is 136 Å². The van der Waals surface area contributed by atoms with Crippen LogP contribution in [0.3, 0.4) is 0 Å². The molecule has 3 N–H and O–H groups in total. The number of aliphatic hydroxyl groups excluding tert-OH is 1. The quantitative estimate of drug-likeness (QED) is 0.301. The zero-order valence-electron chi connectivity index (χ0n) is 11.5. The predicted molar refractivity (Wildman–Crippen MR) is 91.0 cm³/mol. The molecule has 1 aromatic carbocycles. The second-order valence-electron chi connectivity index (χ2n) is 3.93. The average molecular weight is 393 g/mol. The summed E-state index contributed by atoms with van der Waals surface area (Å²) < 4.78 is 13.5. The molecule has 0 bridgehead atoms. The van der Waals surface area contributed by atoms with E-state index < -0.39 is 11.9 Å². The van der Waals surface area contributed by atoms with Gasteiger partial charge in [0.05, 0.1) is 6.54 Å². The van der Waals surface area contributed by atoms with Crippen molar-refractivity contribution in [2.24, 2.45) is 4.99 Å². The molecule has 0 aromatic heterocycles. The summed E-state index contributed by atoms with van der Waals surface area (Å²) in [6.45, 7) is 6.91. The molecule has 0 radical (unpaired) electrons. The lowest BCUT2D eigenvalue weighted by Gasteiger charge is -2.12. The Morgan fingerprint density at radius 1 is 1.45 bits per heavy atom. The van der Waals surface area contributed by atoms with Gasteiger partial charge in [-0.15, -0.1) is 30.6 Å². The van der Waals surface area contributed by atoms with Crippen LogP contribution >= 0.6 is 24.0 Å². The normalized spacial score (nSPS) is 12.2. The van der Waals surface area contributed by atoms with Gasteiger partial charge < -0.3 is 15.7 Å². The highest BCUT2D eigenvalue weighted by atomic mass is 127. The molecular weight excluding hydrogens is 372 g/mol. The summed E-state index contributed by atoms with van der Waals surface area (Å²) in [5.41, 5.74) is 0.255. The summed E-state index contributed by atoms with van der Waals surface area (Å²) in [4.78, 5) is 4.20. The maximum absolute atomic E-state index is 13.5. The third kappa shape index (κ3) is 6.33. The Morgan fingerprint density at radius 3 is 2.75 bits per heavy atom. The van der Waals surface area contributed by atoms with Gasteiger partial charge in [0.1, 0.15) is 11.9 Å². The van der Waals surface area contributed by atoms with Gasteiger partial charge in [-0.1, -0.05) is 24.3 Å². The topological polar surface area (TPSA) is 56.7 Å². The number of hydrogen-bond donors (Lipinski definition) is 3. The number of benzene rings is 1. The van der Waals surface area contributed by atoms with E-state index in [0.29, 0.717) is 19.0 Å². The summed E-state index contributed by atoms with van der Waals surface area (Å²) in [5.74, 6) is 0.145. The molecule has 0 amide bonds. The number of hydrogen-bond acceptors (Lipinski definition) is 2. The third-order valence-corrected chi connectivity index (χ3v) is 2.44. The van der Waals surface area contributed by atoms with Crippen molar-refractivity contribution in [3.8, 4) is 0 Å². The largest absolute Gasteiger partial charge is 0.386 e. The van der Waals surface area contributed by atoms with E-state index in [1.807, 2.05) is 6.92 Å². The molecule has 0 heterocycles. The SMILES string of the molecule is C=CCNC(=NCC(O)c1ccccc1F)NCC.I. The van der Waals surface area contributed by atoms with E-state index in [9.17, 15) is 9.50 Å². The first-order valence-electron chi connectivity index (χ1n) is 6.24. The lowest BCUT2D eigenvalue weighted by Crippen LogP contribution is -2.37. The van der Waals surface area contributed by atoms with Crippen LogP contribution in [-0.4, -0.2) is 30.7 Å². The number of aliphatic imine (C=N–C) groups is 1. The van der Waals surface area contributed by atoms with Crippen LogP contribution in [-0.2, 0) is 0 Å².